The van der Waals surface area contributed by atoms with Crippen LogP contribution < -0.4 is 0 Å². The minimum absolute atomic E-state index is 0.0616. The number of likely N-dealkylation sites (tertiary alicyclic amines) is 2. The number of esters is 1. The van der Waals surface area contributed by atoms with E-state index in [1.807, 2.05) is 13.8 Å². The van der Waals surface area contributed by atoms with Crippen LogP contribution in [0.25, 0.3) is 0 Å². The summed E-state index contributed by atoms with van der Waals surface area (Å²) in [4.78, 5) is 59.5. The highest BCUT2D eigenvalue weighted by molar-refractivity contribution is 5.92. The lowest BCUT2D eigenvalue weighted by Crippen LogP contribution is -2.73. The molecule has 324 valence electrons. The van der Waals surface area contributed by atoms with Crippen molar-refractivity contribution in [3.63, 3.8) is 0 Å². The summed E-state index contributed by atoms with van der Waals surface area (Å²) in [5.74, 6) is 0.0351. The van der Waals surface area contributed by atoms with Crippen LogP contribution in [0, 0.1) is 78.3 Å². The van der Waals surface area contributed by atoms with Gasteiger partial charge in [-0.05, 0) is 165 Å². The largest absolute Gasteiger partial charge is 0.481 e. The first-order valence-corrected chi connectivity index (χ1v) is 24.0. The molecule has 0 aromatic carbocycles. The van der Waals surface area contributed by atoms with Gasteiger partial charge in [-0.15, -0.1) is 0 Å². The average molecular weight is 803 g/mol. The molecule has 58 heavy (non-hydrogen) atoms. The Bertz CT molecular complexity index is 1760. The molecule has 8 heteroatoms. The van der Waals surface area contributed by atoms with E-state index in [4.69, 9.17) is 4.74 Å². The zero-order valence-corrected chi connectivity index (χ0v) is 38.1. The van der Waals surface area contributed by atoms with Crippen LogP contribution in [0.15, 0.2) is 0 Å². The highest BCUT2D eigenvalue weighted by Crippen LogP contribution is 2.85. The molecule has 1 N–H and O–H groups in total. The third kappa shape index (κ3) is 4.93. The number of fused-ring (bicyclic) bond motifs is 7. The van der Waals surface area contributed by atoms with Gasteiger partial charge in [-0.2, -0.15) is 0 Å². The maximum Gasteiger partial charge on any atom is 0.309 e. The molecule has 2 amide bonds. The van der Waals surface area contributed by atoms with E-state index in [1.54, 1.807) is 0 Å². The zero-order valence-electron chi connectivity index (χ0n) is 38.1. The van der Waals surface area contributed by atoms with Crippen molar-refractivity contribution in [3.05, 3.63) is 0 Å². The zero-order chi connectivity index (χ0) is 41.9. The Labute approximate surface area is 350 Å². The first-order valence-electron chi connectivity index (χ1n) is 24.0. The molecule has 9 fully saturated rings. The smallest absolute Gasteiger partial charge is 0.309 e. The van der Waals surface area contributed by atoms with Gasteiger partial charge in [-0.25, -0.2) is 0 Å². The van der Waals surface area contributed by atoms with E-state index in [0.717, 1.165) is 110 Å². The van der Waals surface area contributed by atoms with Gasteiger partial charge in [0, 0.05) is 25.0 Å². The predicted molar refractivity (Wildman–Crippen MR) is 224 cm³/mol. The third-order valence-corrected chi connectivity index (χ3v) is 22.8. The van der Waals surface area contributed by atoms with Crippen molar-refractivity contribution in [3.8, 4) is 0 Å². The molecule has 1 unspecified atom stereocenters. The minimum Gasteiger partial charge on any atom is -0.481 e. The van der Waals surface area contributed by atoms with E-state index >= 15 is 4.79 Å². The number of carboxylic acids is 1. The van der Waals surface area contributed by atoms with Gasteiger partial charge >= 0.3 is 11.9 Å². The highest BCUT2D eigenvalue weighted by atomic mass is 16.5. The quantitative estimate of drug-likeness (QED) is 0.268. The Morgan fingerprint density at radius 2 is 1.19 bits per heavy atom. The van der Waals surface area contributed by atoms with Crippen molar-refractivity contribution in [1.29, 1.82) is 0 Å². The van der Waals surface area contributed by atoms with E-state index in [1.165, 1.54) is 12.8 Å². The van der Waals surface area contributed by atoms with Crippen molar-refractivity contribution in [1.82, 2.24) is 9.80 Å². The molecule has 9 rings (SSSR count). The van der Waals surface area contributed by atoms with Crippen LogP contribution in [0.1, 0.15) is 178 Å². The SMILES string of the molecule is CC1([C@@H]2CC[C@]3(C(=O)N4CCC[C@H]4C(=O)N4CCCC4)CC[C@]4(C)[C@H](CC[C@@]5(C)[C@@]4(C)CCC4C(C)(C)[C@@H](OC(=O)[C@H]6C[C@@H](C(=O)O)C6(C)C)CC[C@@]45C)[C@@]23C)CC1. The molecule has 0 radical (unpaired) electrons. The molecule has 13 atom stereocenters. The van der Waals surface area contributed by atoms with Crippen LogP contribution in [0.5, 0.6) is 0 Å². The monoisotopic (exact) mass is 803 g/mol. The molecule has 7 saturated carbocycles. The van der Waals surface area contributed by atoms with E-state index in [2.05, 4.69) is 65.2 Å². The fourth-order valence-corrected chi connectivity index (χ4v) is 18.4. The molecule has 0 bridgehead atoms. The lowest BCUT2D eigenvalue weighted by Gasteiger charge is -2.78. The lowest BCUT2D eigenvalue weighted by molar-refractivity contribution is -0.305. The van der Waals surface area contributed by atoms with Gasteiger partial charge in [0.05, 0.1) is 17.3 Å². The topological polar surface area (TPSA) is 104 Å². The molecule has 2 saturated heterocycles. The molecular formula is C50H78N2O6. The summed E-state index contributed by atoms with van der Waals surface area (Å²) < 4.78 is 6.51. The first kappa shape index (κ1) is 41.2. The second-order valence-corrected chi connectivity index (χ2v) is 24.8. The Morgan fingerprint density at radius 3 is 1.79 bits per heavy atom. The molecule has 2 aliphatic heterocycles. The normalized spacial score (nSPS) is 49.4. The van der Waals surface area contributed by atoms with E-state index in [9.17, 15) is 19.5 Å². The van der Waals surface area contributed by atoms with E-state index < -0.39 is 22.7 Å². The summed E-state index contributed by atoms with van der Waals surface area (Å²) in [5.41, 5.74) is -0.741. The van der Waals surface area contributed by atoms with Gasteiger partial charge in [-0.3, -0.25) is 19.2 Å². The number of ether oxygens (including phenoxy) is 1. The Balaban J connectivity index is 1.02. The van der Waals surface area contributed by atoms with Crippen LogP contribution >= 0.6 is 0 Å². The molecule has 2 heterocycles. The van der Waals surface area contributed by atoms with Crippen LogP contribution in [-0.2, 0) is 23.9 Å². The van der Waals surface area contributed by atoms with Gasteiger partial charge < -0.3 is 19.6 Å². The summed E-state index contributed by atoms with van der Waals surface area (Å²) in [7, 11) is 0. The summed E-state index contributed by atoms with van der Waals surface area (Å²) in [6, 6.07) is -0.282. The predicted octanol–water partition coefficient (Wildman–Crippen LogP) is 9.92. The average Bonchev–Trinajstić information content (AvgIpc) is 3.55. The number of hydrogen-bond donors (Lipinski definition) is 1. The van der Waals surface area contributed by atoms with Gasteiger partial charge in [0.1, 0.15) is 12.1 Å². The van der Waals surface area contributed by atoms with E-state index in [-0.39, 0.29) is 62.4 Å². The number of aliphatic carboxylic acids is 1. The van der Waals surface area contributed by atoms with Crippen molar-refractivity contribution in [2.24, 2.45) is 78.3 Å². The summed E-state index contributed by atoms with van der Waals surface area (Å²) >= 11 is 0. The molecule has 0 aromatic heterocycles. The standard InChI is InChI=1S/C50H78N2O6/c1-42(2)31(39(54)55)30-32(42)40(56)58-37-18-19-45(6)34(43(37,3)4)15-20-48(9)46(7)25-26-50(41(57)52-29-13-14-33(52)38(53)51-27-11-12-28-51)22-17-35(44(5)23-24-44)49(50,10)36(46)16-21-47(45,48)8/h31-37H,11-30H2,1-10H3,(H,54,55)/t31-,32+,33-,34?,35-,36-,37-,45-,46+,47+,48-,49+,50+/m0/s1. The van der Waals surface area contributed by atoms with Crippen molar-refractivity contribution < 1.29 is 29.0 Å². The highest BCUT2D eigenvalue weighted by Gasteiger charge is 2.80. The molecule has 0 spiro atoms. The molecule has 8 nitrogen and oxygen atoms in total. The number of hydrogen-bond acceptors (Lipinski definition) is 5. The number of rotatable bonds is 6. The molecule has 9 aliphatic rings. The number of amides is 2. The number of carboxylic acid groups (broad SMARTS) is 1. The van der Waals surface area contributed by atoms with Crippen LogP contribution in [0.3, 0.4) is 0 Å². The summed E-state index contributed by atoms with van der Waals surface area (Å²) in [5, 5.41) is 9.73. The minimum atomic E-state index is -0.816. The first-order chi connectivity index (χ1) is 27.0. The maximum absolute atomic E-state index is 15.7. The summed E-state index contributed by atoms with van der Waals surface area (Å²) in [6.07, 6.45) is 17.2. The van der Waals surface area contributed by atoms with E-state index in [0.29, 0.717) is 35.5 Å². The second kappa shape index (κ2) is 12.7. The number of nitrogens with zero attached hydrogens (tertiary/aromatic N) is 2. The van der Waals surface area contributed by atoms with Gasteiger partial charge in [0.15, 0.2) is 0 Å². The summed E-state index contributed by atoms with van der Waals surface area (Å²) in [6.45, 7) is 26.7. The van der Waals surface area contributed by atoms with Crippen LogP contribution in [0.2, 0.25) is 0 Å². The van der Waals surface area contributed by atoms with Gasteiger partial charge in [-0.1, -0.05) is 69.2 Å². The van der Waals surface area contributed by atoms with Crippen LogP contribution in [-0.4, -0.2) is 70.4 Å². The van der Waals surface area contributed by atoms with Crippen molar-refractivity contribution in [2.75, 3.05) is 19.6 Å². The number of carbonyl (C=O) groups excluding carboxylic acids is 3. The molecule has 7 aliphatic carbocycles. The van der Waals surface area contributed by atoms with Crippen LogP contribution in [0.4, 0.5) is 0 Å². The van der Waals surface area contributed by atoms with Gasteiger partial charge in [0.2, 0.25) is 11.8 Å². The Hall–Kier alpha value is -2.12. The fourth-order valence-electron chi connectivity index (χ4n) is 18.4. The van der Waals surface area contributed by atoms with Crippen molar-refractivity contribution in [2.45, 2.75) is 191 Å². The molecular weight excluding hydrogens is 725 g/mol. The number of carbonyl (C=O) groups is 4. The maximum atomic E-state index is 15.7. The second-order valence-electron chi connectivity index (χ2n) is 24.8. The third-order valence-electron chi connectivity index (χ3n) is 22.8. The lowest BCUT2D eigenvalue weighted by atomic mass is 9.26. The van der Waals surface area contributed by atoms with Crippen molar-refractivity contribution >= 4 is 23.8 Å². The fraction of sp³-hybridized carbons (Fsp3) is 0.920. The Morgan fingerprint density at radius 1 is 0.586 bits per heavy atom. The Kier molecular flexibility index (Phi) is 9.05. The van der Waals surface area contributed by atoms with Gasteiger partial charge in [0.25, 0.3) is 0 Å². The molecule has 0 aromatic rings.